The molecule has 22 heavy (non-hydrogen) atoms. The second-order valence-electron chi connectivity index (χ2n) is 5.52. The van der Waals surface area contributed by atoms with Crippen LogP contribution in [0.15, 0.2) is 18.2 Å². The molecule has 0 heterocycles. The minimum absolute atomic E-state index is 0.317. The van der Waals surface area contributed by atoms with Crippen molar-refractivity contribution in [2.45, 2.75) is 44.3 Å². The molecule has 0 aliphatic heterocycles. The van der Waals surface area contributed by atoms with Gasteiger partial charge in [-0.05, 0) is 43.5 Å². The Hall–Kier alpha value is -1.76. The molecule has 1 amide bonds. The number of hydrogen-bond acceptors (Lipinski definition) is 4. The Morgan fingerprint density at radius 1 is 1.23 bits per heavy atom. The Morgan fingerprint density at radius 3 is 2.50 bits per heavy atom. The first-order valence-corrected chi connectivity index (χ1v) is 8.99. The highest BCUT2D eigenvalue weighted by atomic mass is 32.2. The van der Waals surface area contributed by atoms with Crippen molar-refractivity contribution in [2.75, 3.05) is 11.8 Å². The molecular formula is C15H22N2O4S. The standard InChI is InChI=1S/C15H22N2O4S/c1-11-10-12(21-15(18)16-2)8-9-14(11)17-22(19,20)13-6-4-3-5-7-13/h8-10,13,17H,3-7H2,1-2H3,(H,16,18). The van der Waals surface area contributed by atoms with Gasteiger partial charge in [0.25, 0.3) is 0 Å². The maximum atomic E-state index is 12.4. The van der Waals surface area contributed by atoms with Crippen LogP contribution in [0.2, 0.25) is 0 Å². The molecule has 0 bridgehead atoms. The van der Waals surface area contributed by atoms with E-state index in [1.165, 1.54) is 7.05 Å². The zero-order chi connectivity index (χ0) is 16.2. The van der Waals surface area contributed by atoms with Gasteiger partial charge in [0.1, 0.15) is 5.75 Å². The van der Waals surface area contributed by atoms with Crippen LogP contribution in [0.25, 0.3) is 0 Å². The van der Waals surface area contributed by atoms with Crippen molar-refractivity contribution in [3.63, 3.8) is 0 Å². The summed E-state index contributed by atoms with van der Waals surface area (Å²) in [4.78, 5) is 11.2. The first kappa shape index (κ1) is 16.6. The molecule has 1 aliphatic rings. The van der Waals surface area contributed by atoms with E-state index >= 15 is 0 Å². The number of carbonyl (C=O) groups is 1. The van der Waals surface area contributed by atoms with Gasteiger partial charge in [-0.1, -0.05) is 19.3 Å². The monoisotopic (exact) mass is 326 g/mol. The van der Waals surface area contributed by atoms with Crippen molar-refractivity contribution in [3.05, 3.63) is 23.8 Å². The van der Waals surface area contributed by atoms with Gasteiger partial charge in [0.2, 0.25) is 10.0 Å². The van der Waals surface area contributed by atoms with E-state index < -0.39 is 16.1 Å². The van der Waals surface area contributed by atoms with Gasteiger partial charge < -0.3 is 10.1 Å². The Morgan fingerprint density at radius 2 is 1.91 bits per heavy atom. The van der Waals surface area contributed by atoms with Crippen LogP contribution in [0.4, 0.5) is 10.5 Å². The highest BCUT2D eigenvalue weighted by Crippen LogP contribution is 2.27. The van der Waals surface area contributed by atoms with E-state index in [1.54, 1.807) is 25.1 Å². The summed E-state index contributed by atoms with van der Waals surface area (Å²) in [6.07, 6.45) is 3.90. The minimum Gasteiger partial charge on any atom is -0.410 e. The number of ether oxygens (including phenoxy) is 1. The third-order valence-corrected chi connectivity index (χ3v) is 5.71. The number of aryl methyl sites for hydroxylation is 1. The molecule has 1 fully saturated rings. The number of carbonyl (C=O) groups excluding carboxylic acids is 1. The van der Waals surface area contributed by atoms with Crippen molar-refractivity contribution >= 4 is 21.8 Å². The molecule has 0 unspecified atom stereocenters. The fraction of sp³-hybridized carbons (Fsp3) is 0.533. The van der Waals surface area contributed by atoms with Crippen LogP contribution >= 0.6 is 0 Å². The van der Waals surface area contributed by atoms with Crippen molar-refractivity contribution in [1.29, 1.82) is 0 Å². The van der Waals surface area contributed by atoms with E-state index in [0.29, 0.717) is 29.8 Å². The summed E-state index contributed by atoms with van der Waals surface area (Å²) in [5.41, 5.74) is 1.23. The van der Waals surface area contributed by atoms with E-state index in [9.17, 15) is 13.2 Å². The molecule has 0 atom stereocenters. The molecule has 1 aromatic rings. The molecule has 0 radical (unpaired) electrons. The molecular weight excluding hydrogens is 304 g/mol. The average molecular weight is 326 g/mol. The quantitative estimate of drug-likeness (QED) is 0.891. The number of nitrogens with one attached hydrogen (secondary N) is 2. The number of sulfonamides is 1. The Labute approximate surface area is 131 Å². The largest absolute Gasteiger partial charge is 0.412 e. The van der Waals surface area contributed by atoms with Crippen LogP contribution < -0.4 is 14.8 Å². The summed E-state index contributed by atoms with van der Waals surface area (Å²) in [6.45, 7) is 1.77. The van der Waals surface area contributed by atoms with E-state index in [0.717, 1.165) is 19.3 Å². The molecule has 0 spiro atoms. The number of amides is 1. The molecule has 2 rings (SSSR count). The molecule has 0 saturated heterocycles. The fourth-order valence-electron chi connectivity index (χ4n) is 2.58. The summed E-state index contributed by atoms with van der Waals surface area (Å²) in [5.74, 6) is 0.373. The molecule has 6 nitrogen and oxygen atoms in total. The number of hydrogen-bond donors (Lipinski definition) is 2. The van der Waals surface area contributed by atoms with Gasteiger partial charge in [-0.3, -0.25) is 4.72 Å². The van der Waals surface area contributed by atoms with Gasteiger partial charge in [-0.2, -0.15) is 0 Å². The molecule has 7 heteroatoms. The van der Waals surface area contributed by atoms with Gasteiger partial charge in [0.15, 0.2) is 0 Å². The van der Waals surface area contributed by atoms with Crippen LogP contribution in [0, 0.1) is 6.92 Å². The van der Waals surface area contributed by atoms with Gasteiger partial charge in [0.05, 0.1) is 10.9 Å². The minimum atomic E-state index is -3.37. The summed E-state index contributed by atoms with van der Waals surface area (Å²) in [5, 5.41) is 2.04. The number of rotatable bonds is 4. The smallest absolute Gasteiger partial charge is 0.410 e. The molecule has 0 aromatic heterocycles. The van der Waals surface area contributed by atoms with Gasteiger partial charge >= 0.3 is 6.09 Å². The van der Waals surface area contributed by atoms with E-state index in [2.05, 4.69) is 10.0 Å². The normalized spacial score (nSPS) is 16.1. The summed E-state index contributed by atoms with van der Waals surface area (Å²) in [7, 11) is -1.90. The second-order valence-corrected chi connectivity index (χ2v) is 7.48. The van der Waals surface area contributed by atoms with Gasteiger partial charge in [0, 0.05) is 7.05 Å². The van der Waals surface area contributed by atoms with Gasteiger partial charge in [-0.25, -0.2) is 13.2 Å². The fourth-order valence-corrected chi connectivity index (χ4v) is 4.24. The van der Waals surface area contributed by atoms with Crippen molar-refractivity contribution in [3.8, 4) is 5.75 Å². The highest BCUT2D eigenvalue weighted by Gasteiger charge is 2.27. The lowest BCUT2D eigenvalue weighted by Crippen LogP contribution is -2.30. The van der Waals surface area contributed by atoms with E-state index in [4.69, 9.17) is 4.74 Å². The highest BCUT2D eigenvalue weighted by molar-refractivity contribution is 7.93. The predicted molar refractivity (Wildman–Crippen MR) is 85.7 cm³/mol. The summed E-state index contributed by atoms with van der Waals surface area (Å²) < 4.78 is 32.5. The third-order valence-electron chi connectivity index (χ3n) is 3.86. The number of anilines is 1. The predicted octanol–water partition coefficient (Wildman–Crippen LogP) is 2.79. The maximum Gasteiger partial charge on any atom is 0.412 e. The Kier molecular flexibility index (Phi) is 5.28. The van der Waals surface area contributed by atoms with Crippen LogP contribution in [0.3, 0.4) is 0 Å². The van der Waals surface area contributed by atoms with Gasteiger partial charge in [-0.15, -0.1) is 0 Å². The SMILES string of the molecule is CNC(=O)Oc1ccc(NS(=O)(=O)C2CCCCC2)c(C)c1. The summed E-state index contributed by atoms with van der Waals surface area (Å²) in [6, 6.07) is 4.82. The van der Waals surface area contributed by atoms with Crippen molar-refractivity contribution in [1.82, 2.24) is 5.32 Å². The summed E-state index contributed by atoms with van der Waals surface area (Å²) >= 11 is 0. The lowest BCUT2D eigenvalue weighted by Gasteiger charge is -2.23. The third kappa shape index (κ3) is 4.13. The zero-order valence-corrected chi connectivity index (χ0v) is 13.7. The van der Waals surface area contributed by atoms with Crippen molar-refractivity contribution < 1.29 is 17.9 Å². The first-order valence-electron chi connectivity index (χ1n) is 7.44. The second kappa shape index (κ2) is 7.00. The van der Waals surface area contributed by atoms with Crippen LogP contribution in [0.5, 0.6) is 5.75 Å². The lowest BCUT2D eigenvalue weighted by molar-refractivity contribution is 0.203. The molecule has 1 aliphatic carbocycles. The van der Waals surface area contributed by atoms with E-state index in [-0.39, 0.29) is 5.25 Å². The molecule has 2 N–H and O–H groups in total. The van der Waals surface area contributed by atoms with Crippen LogP contribution in [0.1, 0.15) is 37.7 Å². The lowest BCUT2D eigenvalue weighted by atomic mass is 10.0. The molecule has 1 aromatic carbocycles. The first-order chi connectivity index (χ1) is 10.4. The molecule has 122 valence electrons. The molecule has 1 saturated carbocycles. The maximum absolute atomic E-state index is 12.4. The van der Waals surface area contributed by atoms with E-state index in [1.807, 2.05) is 0 Å². The van der Waals surface area contributed by atoms with Crippen LogP contribution in [-0.4, -0.2) is 26.8 Å². The average Bonchev–Trinajstić information content (AvgIpc) is 2.50. The topological polar surface area (TPSA) is 84.5 Å². The Bertz CT molecular complexity index is 637. The zero-order valence-electron chi connectivity index (χ0n) is 12.9. The Balaban J connectivity index is 2.10. The van der Waals surface area contributed by atoms with Crippen molar-refractivity contribution in [2.24, 2.45) is 0 Å². The number of benzene rings is 1. The van der Waals surface area contributed by atoms with Crippen LogP contribution in [-0.2, 0) is 10.0 Å².